The summed E-state index contributed by atoms with van der Waals surface area (Å²) in [4.78, 5) is 19.4. The van der Waals surface area contributed by atoms with Crippen molar-refractivity contribution in [2.24, 2.45) is 0 Å². The quantitative estimate of drug-likeness (QED) is 0.836. The van der Waals surface area contributed by atoms with Gasteiger partial charge >= 0.3 is 0 Å². The van der Waals surface area contributed by atoms with E-state index in [1.807, 2.05) is 12.1 Å². The Morgan fingerprint density at radius 3 is 2.36 bits per heavy atom. The van der Waals surface area contributed by atoms with Crippen molar-refractivity contribution < 1.29 is 14.3 Å². The molecular weight excluding hydrogens is 320 g/mol. The van der Waals surface area contributed by atoms with Crippen molar-refractivity contribution in [2.75, 3.05) is 25.3 Å². The van der Waals surface area contributed by atoms with E-state index < -0.39 is 0 Å². The Kier molecular flexibility index (Phi) is 5.80. The molecule has 0 saturated heterocycles. The number of hydrogen-bond acceptors (Lipinski definition) is 6. The lowest BCUT2D eigenvalue weighted by Crippen LogP contribution is -2.11. The molecule has 25 heavy (non-hydrogen) atoms. The molecule has 1 amide bonds. The topological polar surface area (TPSA) is 99.4 Å². The van der Waals surface area contributed by atoms with E-state index in [9.17, 15) is 4.79 Å². The van der Waals surface area contributed by atoms with Gasteiger partial charge in [-0.3, -0.25) is 10.1 Å². The van der Waals surface area contributed by atoms with Crippen LogP contribution in [0.3, 0.4) is 0 Å². The molecule has 0 radical (unpaired) electrons. The maximum absolute atomic E-state index is 11.1. The van der Waals surface area contributed by atoms with Crippen molar-refractivity contribution in [3.63, 3.8) is 0 Å². The van der Waals surface area contributed by atoms with Gasteiger partial charge in [0.15, 0.2) is 11.5 Å². The smallest absolute Gasteiger partial charge is 0.231 e. The van der Waals surface area contributed by atoms with Crippen molar-refractivity contribution in [1.29, 1.82) is 0 Å². The van der Waals surface area contributed by atoms with E-state index in [2.05, 4.69) is 29.1 Å². The number of rotatable bonds is 6. The molecule has 3 N–H and O–H groups in total. The third kappa shape index (κ3) is 4.37. The molecule has 0 atom stereocenters. The fourth-order valence-corrected chi connectivity index (χ4v) is 2.61. The normalized spacial score (nSPS) is 10.6. The summed E-state index contributed by atoms with van der Waals surface area (Å²) in [6.07, 6.45) is 2.19. The number of aromatic nitrogens is 2. The lowest BCUT2D eigenvalue weighted by atomic mass is 9.92. The number of carbonyl (C=O) groups is 1. The van der Waals surface area contributed by atoms with Gasteiger partial charge in [-0.15, -0.1) is 0 Å². The predicted octanol–water partition coefficient (Wildman–Crippen LogP) is 2.75. The number of anilines is 2. The van der Waals surface area contributed by atoms with Crippen molar-refractivity contribution in [3.05, 3.63) is 35.0 Å². The number of nitrogens with two attached hydrogens (primary N) is 1. The zero-order valence-electron chi connectivity index (χ0n) is 15.2. The summed E-state index contributed by atoms with van der Waals surface area (Å²) >= 11 is 0. The molecule has 0 aliphatic rings. The minimum atomic E-state index is -0.242. The van der Waals surface area contributed by atoms with Crippen LogP contribution in [0.25, 0.3) is 0 Å². The zero-order chi connectivity index (χ0) is 18.6. The highest BCUT2D eigenvalue weighted by molar-refractivity contribution is 5.86. The third-order valence-electron chi connectivity index (χ3n) is 3.83. The molecule has 0 bridgehead atoms. The summed E-state index contributed by atoms with van der Waals surface area (Å²) in [5.74, 6) is 1.95. The monoisotopic (exact) mass is 344 g/mol. The van der Waals surface area contributed by atoms with E-state index in [0.717, 1.165) is 16.7 Å². The third-order valence-corrected chi connectivity index (χ3v) is 3.83. The molecule has 0 aliphatic carbocycles. The van der Waals surface area contributed by atoms with E-state index >= 15 is 0 Å². The maximum Gasteiger partial charge on any atom is 0.231 e. The van der Waals surface area contributed by atoms with Crippen LogP contribution in [-0.2, 0) is 11.2 Å². The van der Waals surface area contributed by atoms with E-state index in [1.54, 1.807) is 20.4 Å². The number of nitrogens with zero attached hydrogens (tertiary/aromatic N) is 2. The van der Waals surface area contributed by atoms with E-state index in [1.165, 1.54) is 6.92 Å². The number of ether oxygens (including phenoxy) is 2. The van der Waals surface area contributed by atoms with Gasteiger partial charge in [0.25, 0.3) is 0 Å². The van der Waals surface area contributed by atoms with Crippen LogP contribution in [0, 0.1) is 0 Å². The first-order valence-electron chi connectivity index (χ1n) is 7.99. The molecule has 7 heteroatoms. The Labute approximate surface area is 147 Å². The zero-order valence-corrected chi connectivity index (χ0v) is 15.2. The van der Waals surface area contributed by atoms with Crippen molar-refractivity contribution in [2.45, 2.75) is 33.1 Å². The van der Waals surface area contributed by atoms with Crippen molar-refractivity contribution in [3.8, 4) is 11.5 Å². The molecular formula is C18H24N4O3. The highest BCUT2D eigenvalue weighted by atomic mass is 16.5. The second kappa shape index (κ2) is 7.83. The van der Waals surface area contributed by atoms with Gasteiger partial charge in [0.2, 0.25) is 11.9 Å². The van der Waals surface area contributed by atoms with Crippen LogP contribution in [0.4, 0.5) is 11.8 Å². The molecule has 0 saturated carbocycles. The van der Waals surface area contributed by atoms with Crippen LogP contribution in [0.1, 0.15) is 43.4 Å². The SMILES string of the molecule is COc1cc(Cc2cnc(NC(C)=O)nc2N)c(C(C)C)cc1OC. The first-order valence-corrected chi connectivity index (χ1v) is 7.99. The number of benzene rings is 1. The van der Waals surface area contributed by atoms with Gasteiger partial charge in [-0.25, -0.2) is 4.98 Å². The van der Waals surface area contributed by atoms with Crippen LogP contribution in [0.15, 0.2) is 18.3 Å². The van der Waals surface area contributed by atoms with E-state index in [4.69, 9.17) is 15.2 Å². The van der Waals surface area contributed by atoms with Crippen molar-refractivity contribution >= 4 is 17.7 Å². The highest BCUT2D eigenvalue weighted by Crippen LogP contribution is 2.35. The standard InChI is InChI=1S/C18H24N4O3/c1-10(2)14-8-16(25-5)15(24-4)7-12(14)6-13-9-20-18(21-11(3)23)22-17(13)19/h7-10H,6H2,1-5H3,(H3,19,20,21,22,23). The van der Waals surface area contributed by atoms with Gasteiger partial charge in [0.05, 0.1) is 14.2 Å². The van der Waals surface area contributed by atoms with Crippen LogP contribution in [0.2, 0.25) is 0 Å². The fraction of sp³-hybridized carbons (Fsp3) is 0.389. The molecule has 1 aromatic carbocycles. The molecule has 2 rings (SSSR count). The molecule has 0 spiro atoms. The Morgan fingerprint density at radius 2 is 1.84 bits per heavy atom. The number of amides is 1. The molecule has 7 nitrogen and oxygen atoms in total. The Bertz CT molecular complexity index is 775. The molecule has 0 aliphatic heterocycles. The van der Waals surface area contributed by atoms with Gasteiger partial charge in [-0.1, -0.05) is 13.8 Å². The number of carbonyl (C=O) groups excluding carboxylic acids is 1. The summed E-state index contributed by atoms with van der Waals surface area (Å²) in [6.45, 7) is 5.63. The summed E-state index contributed by atoms with van der Waals surface area (Å²) < 4.78 is 10.8. The van der Waals surface area contributed by atoms with E-state index in [-0.39, 0.29) is 11.9 Å². The van der Waals surface area contributed by atoms with Gasteiger partial charge in [0.1, 0.15) is 5.82 Å². The molecule has 0 fully saturated rings. The van der Waals surface area contributed by atoms with Crippen LogP contribution < -0.4 is 20.5 Å². The van der Waals surface area contributed by atoms with Crippen LogP contribution in [0.5, 0.6) is 11.5 Å². The predicted molar refractivity (Wildman–Crippen MR) is 97.2 cm³/mol. The molecule has 1 heterocycles. The Morgan fingerprint density at radius 1 is 1.20 bits per heavy atom. The maximum atomic E-state index is 11.1. The number of nitrogen functional groups attached to an aromatic ring is 1. The molecule has 134 valence electrons. The second-order valence-corrected chi connectivity index (χ2v) is 6.02. The first kappa shape index (κ1) is 18.5. The summed E-state index contributed by atoms with van der Waals surface area (Å²) in [7, 11) is 3.23. The molecule has 0 unspecified atom stereocenters. The second-order valence-electron chi connectivity index (χ2n) is 6.02. The average molecular weight is 344 g/mol. The Hall–Kier alpha value is -2.83. The van der Waals surface area contributed by atoms with Crippen LogP contribution in [-0.4, -0.2) is 30.1 Å². The lowest BCUT2D eigenvalue weighted by molar-refractivity contribution is -0.114. The van der Waals surface area contributed by atoms with Gasteiger partial charge < -0.3 is 15.2 Å². The van der Waals surface area contributed by atoms with Gasteiger partial charge in [-0.2, -0.15) is 4.98 Å². The first-order chi connectivity index (χ1) is 11.8. The molecule has 2 aromatic rings. The number of hydrogen-bond donors (Lipinski definition) is 2. The van der Waals surface area contributed by atoms with Crippen molar-refractivity contribution in [1.82, 2.24) is 9.97 Å². The van der Waals surface area contributed by atoms with E-state index in [0.29, 0.717) is 29.7 Å². The highest BCUT2D eigenvalue weighted by Gasteiger charge is 2.16. The summed E-state index contributed by atoms with van der Waals surface area (Å²) in [5.41, 5.74) is 9.03. The summed E-state index contributed by atoms with van der Waals surface area (Å²) in [6, 6.07) is 3.94. The minimum absolute atomic E-state index is 0.199. The van der Waals surface area contributed by atoms with Crippen LogP contribution >= 0.6 is 0 Å². The lowest BCUT2D eigenvalue weighted by Gasteiger charge is -2.18. The fourth-order valence-electron chi connectivity index (χ4n) is 2.61. The Balaban J connectivity index is 2.40. The number of nitrogens with one attached hydrogen (secondary N) is 1. The average Bonchev–Trinajstić information content (AvgIpc) is 2.56. The molecule has 1 aromatic heterocycles. The largest absolute Gasteiger partial charge is 0.493 e. The minimum Gasteiger partial charge on any atom is -0.493 e. The number of methoxy groups -OCH3 is 2. The van der Waals surface area contributed by atoms with Gasteiger partial charge in [-0.05, 0) is 29.2 Å². The van der Waals surface area contributed by atoms with Gasteiger partial charge in [0, 0.05) is 25.1 Å². The summed E-state index contributed by atoms with van der Waals surface area (Å²) in [5, 5.41) is 2.52.